The van der Waals surface area contributed by atoms with Crippen molar-refractivity contribution in [3.05, 3.63) is 64.6 Å². The Balaban J connectivity index is 1.83. The van der Waals surface area contributed by atoms with E-state index in [1.807, 2.05) is 37.3 Å². The average Bonchev–Trinajstić information content (AvgIpc) is 2.89. The first-order valence-corrected chi connectivity index (χ1v) is 6.86. The normalized spacial score (nSPS) is 10.8. The van der Waals surface area contributed by atoms with Gasteiger partial charge >= 0.3 is 0 Å². The van der Waals surface area contributed by atoms with Gasteiger partial charge in [-0.15, -0.1) is 0 Å². The lowest BCUT2D eigenvalue weighted by Gasteiger charge is -2.05. The summed E-state index contributed by atoms with van der Waals surface area (Å²) < 4.78 is 1.45. The minimum Gasteiger partial charge on any atom is -0.347 e. The Morgan fingerprint density at radius 1 is 1.33 bits per heavy atom. The summed E-state index contributed by atoms with van der Waals surface area (Å²) in [7, 11) is 0. The summed E-state index contributed by atoms with van der Waals surface area (Å²) in [6.45, 7) is 2.30. The smallest absolute Gasteiger partial charge is 0.271 e. The first kappa shape index (κ1) is 13.6. The highest BCUT2D eigenvalue weighted by molar-refractivity contribution is 6.30. The molecule has 0 aliphatic heterocycles. The molecule has 0 saturated heterocycles. The van der Waals surface area contributed by atoms with E-state index in [4.69, 9.17) is 11.6 Å². The fourth-order valence-electron chi connectivity index (χ4n) is 2.01. The summed E-state index contributed by atoms with van der Waals surface area (Å²) in [6.07, 6.45) is 1.50. The van der Waals surface area contributed by atoms with E-state index in [1.165, 1.54) is 10.7 Å². The van der Waals surface area contributed by atoms with E-state index in [2.05, 4.69) is 15.4 Å². The van der Waals surface area contributed by atoms with E-state index in [0.717, 1.165) is 11.1 Å². The van der Waals surface area contributed by atoms with Crippen LogP contribution in [0.3, 0.4) is 0 Å². The maximum absolute atomic E-state index is 12.2. The topological polar surface area (TPSA) is 59.3 Å². The van der Waals surface area contributed by atoms with Gasteiger partial charge in [0.1, 0.15) is 0 Å². The minimum absolute atomic E-state index is 0.237. The number of hydrogen-bond donors (Lipinski definition) is 1. The second kappa shape index (κ2) is 5.54. The highest BCUT2D eigenvalue weighted by Crippen LogP contribution is 2.14. The maximum atomic E-state index is 12.2. The van der Waals surface area contributed by atoms with Crippen LogP contribution in [0.4, 0.5) is 0 Å². The van der Waals surface area contributed by atoms with E-state index in [9.17, 15) is 4.79 Å². The van der Waals surface area contributed by atoms with Gasteiger partial charge in [0, 0.05) is 6.54 Å². The van der Waals surface area contributed by atoms with Gasteiger partial charge in [0.2, 0.25) is 0 Å². The second-order valence-electron chi connectivity index (χ2n) is 4.70. The van der Waals surface area contributed by atoms with Crippen LogP contribution in [-0.2, 0) is 6.54 Å². The standard InChI is InChI=1S/C15H13ClN4O/c1-10-7-13-17-9-12(20(13)19-14(10)16)15(21)18-8-11-5-3-2-4-6-11/h2-7,9H,8H2,1H3,(H,18,21). The lowest BCUT2D eigenvalue weighted by molar-refractivity contribution is 0.0944. The molecule has 0 spiro atoms. The Kier molecular flexibility index (Phi) is 3.58. The van der Waals surface area contributed by atoms with Crippen molar-refractivity contribution in [3.63, 3.8) is 0 Å². The molecule has 3 aromatic rings. The van der Waals surface area contributed by atoms with Crippen LogP contribution in [-0.4, -0.2) is 20.5 Å². The molecule has 21 heavy (non-hydrogen) atoms. The molecule has 1 amide bonds. The molecule has 2 aromatic heterocycles. The van der Waals surface area contributed by atoms with Crippen molar-refractivity contribution in [1.29, 1.82) is 0 Å². The predicted octanol–water partition coefficient (Wildman–Crippen LogP) is 2.62. The summed E-state index contributed by atoms with van der Waals surface area (Å²) in [5.41, 5.74) is 2.82. The van der Waals surface area contributed by atoms with Crippen LogP contribution in [0.1, 0.15) is 21.6 Å². The molecule has 2 heterocycles. The van der Waals surface area contributed by atoms with Gasteiger partial charge in [-0.05, 0) is 24.1 Å². The van der Waals surface area contributed by atoms with Crippen molar-refractivity contribution in [1.82, 2.24) is 19.9 Å². The van der Waals surface area contributed by atoms with Gasteiger partial charge in [-0.1, -0.05) is 41.9 Å². The minimum atomic E-state index is -0.237. The second-order valence-corrected chi connectivity index (χ2v) is 5.06. The zero-order chi connectivity index (χ0) is 14.8. The van der Waals surface area contributed by atoms with E-state index >= 15 is 0 Å². The van der Waals surface area contributed by atoms with Gasteiger partial charge in [0.25, 0.3) is 5.91 Å². The van der Waals surface area contributed by atoms with Crippen LogP contribution in [0.25, 0.3) is 5.65 Å². The number of fused-ring (bicyclic) bond motifs is 1. The van der Waals surface area contributed by atoms with E-state index in [0.29, 0.717) is 23.0 Å². The first-order valence-electron chi connectivity index (χ1n) is 6.48. The molecule has 0 fully saturated rings. The molecule has 0 saturated carbocycles. The van der Waals surface area contributed by atoms with Crippen molar-refractivity contribution in [3.8, 4) is 0 Å². The molecule has 0 bridgehead atoms. The van der Waals surface area contributed by atoms with Gasteiger partial charge in [-0.25, -0.2) is 9.50 Å². The third-order valence-electron chi connectivity index (χ3n) is 3.15. The summed E-state index contributed by atoms with van der Waals surface area (Å²) >= 11 is 6.00. The van der Waals surface area contributed by atoms with Crippen molar-refractivity contribution in [2.24, 2.45) is 0 Å². The Bertz CT molecular complexity index is 798. The molecular formula is C15H13ClN4O. The molecule has 1 N–H and O–H groups in total. The highest BCUT2D eigenvalue weighted by Gasteiger charge is 2.14. The summed E-state index contributed by atoms with van der Waals surface area (Å²) in [5.74, 6) is -0.237. The van der Waals surface area contributed by atoms with Crippen LogP contribution in [0.5, 0.6) is 0 Å². The van der Waals surface area contributed by atoms with Crippen molar-refractivity contribution in [2.75, 3.05) is 0 Å². The molecule has 5 nitrogen and oxygen atoms in total. The molecule has 106 valence electrons. The van der Waals surface area contributed by atoms with Crippen LogP contribution in [0.15, 0.2) is 42.6 Å². The summed E-state index contributed by atoms with van der Waals surface area (Å²) in [6, 6.07) is 11.5. The van der Waals surface area contributed by atoms with Crippen LogP contribution >= 0.6 is 11.6 Å². The molecule has 0 aliphatic carbocycles. The molecule has 0 unspecified atom stereocenters. The number of aromatic nitrogens is 3. The van der Waals surface area contributed by atoms with E-state index in [1.54, 1.807) is 6.07 Å². The van der Waals surface area contributed by atoms with Crippen LogP contribution in [0, 0.1) is 6.92 Å². The van der Waals surface area contributed by atoms with Gasteiger partial charge in [0.05, 0.1) is 6.20 Å². The molecule has 0 aliphatic rings. The highest BCUT2D eigenvalue weighted by atomic mass is 35.5. The number of nitrogens with zero attached hydrogens (tertiary/aromatic N) is 3. The number of nitrogens with one attached hydrogen (secondary N) is 1. The Morgan fingerprint density at radius 3 is 2.86 bits per heavy atom. The molecular weight excluding hydrogens is 288 g/mol. The van der Waals surface area contributed by atoms with Crippen LogP contribution < -0.4 is 5.32 Å². The fourth-order valence-corrected chi connectivity index (χ4v) is 2.14. The van der Waals surface area contributed by atoms with E-state index < -0.39 is 0 Å². The number of halogens is 1. The number of carbonyl (C=O) groups is 1. The maximum Gasteiger partial charge on any atom is 0.271 e. The van der Waals surface area contributed by atoms with Gasteiger partial charge in [-0.3, -0.25) is 4.79 Å². The molecule has 6 heteroatoms. The number of amides is 1. The van der Waals surface area contributed by atoms with Gasteiger partial charge in [0.15, 0.2) is 16.5 Å². The third-order valence-corrected chi connectivity index (χ3v) is 3.53. The van der Waals surface area contributed by atoms with Gasteiger partial charge < -0.3 is 5.32 Å². The Hall–Kier alpha value is -2.40. The third kappa shape index (κ3) is 2.73. The fraction of sp³-hybridized carbons (Fsp3) is 0.133. The average molecular weight is 301 g/mol. The Labute approximate surface area is 126 Å². The quantitative estimate of drug-likeness (QED) is 0.809. The summed E-state index contributed by atoms with van der Waals surface area (Å²) in [4.78, 5) is 16.4. The Morgan fingerprint density at radius 2 is 2.10 bits per heavy atom. The zero-order valence-electron chi connectivity index (χ0n) is 11.4. The van der Waals surface area contributed by atoms with Crippen LogP contribution in [0.2, 0.25) is 5.15 Å². The molecule has 3 rings (SSSR count). The van der Waals surface area contributed by atoms with Gasteiger partial charge in [-0.2, -0.15) is 5.10 Å². The molecule has 0 atom stereocenters. The van der Waals surface area contributed by atoms with E-state index in [-0.39, 0.29) is 5.91 Å². The lowest BCUT2D eigenvalue weighted by Crippen LogP contribution is -2.24. The molecule has 1 aromatic carbocycles. The van der Waals surface area contributed by atoms with Crippen molar-refractivity contribution in [2.45, 2.75) is 13.5 Å². The number of benzene rings is 1. The number of aryl methyl sites for hydroxylation is 1. The number of carbonyl (C=O) groups excluding carboxylic acids is 1. The molecule has 0 radical (unpaired) electrons. The SMILES string of the molecule is Cc1cc2ncc(C(=O)NCc3ccccc3)n2nc1Cl. The predicted molar refractivity (Wildman–Crippen MR) is 80.3 cm³/mol. The largest absolute Gasteiger partial charge is 0.347 e. The number of imidazole rings is 1. The zero-order valence-corrected chi connectivity index (χ0v) is 12.1. The first-order chi connectivity index (χ1) is 10.1. The summed E-state index contributed by atoms with van der Waals surface area (Å²) in [5, 5.41) is 7.37. The van der Waals surface area contributed by atoms with Crippen molar-refractivity contribution < 1.29 is 4.79 Å². The lowest BCUT2D eigenvalue weighted by atomic mass is 10.2. The number of rotatable bonds is 3. The monoisotopic (exact) mass is 300 g/mol. The number of hydrogen-bond acceptors (Lipinski definition) is 3. The van der Waals surface area contributed by atoms with Crippen molar-refractivity contribution >= 4 is 23.2 Å².